The average Bonchev–Trinajstić information content (AvgIpc) is 2.56. The van der Waals surface area contributed by atoms with Gasteiger partial charge in [0.1, 0.15) is 11.8 Å². The summed E-state index contributed by atoms with van der Waals surface area (Å²) in [5, 5.41) is 8.86. The molecule has 1 aliphatic heterocycles. The maximum Gasteiger partial charge on any atom is 0.226 e. The lowest BCUT2D eigenvalue weighted by Crippen LogP contribution is -2.47. The van der Waals surface area contributed by atoms with Crippen LogP contribution in [-0.2, 0) is 0 Å². The van der Waals surface area contributed by atoms with E-state index in [1.165, 1.54) is 0 Å². The first kappa shape index (κ1) is 13.2. The summed E-state index contributed by atoms with van der Waals surface area (Å²) in [6.07, 6.45) is 3.90. The Balaban J connectivity index is 1.67. The van der Waals surface area contributed by atoms with Gasteiger partial charge in [-0.3, -0.25) is 0 Å². The van der Waals surface area contributed by atoms with E-state index in [0.717, 1.165) is 12.4 Å². The Bertz CT molecular complexity index is 659. The normalized spacial score (nSPS) is 14.9. The van der Waals surface area contributed by atoms with Gasteiger partial charge in [-0.25, -0.2) is 24.3 Å². The Kier molecular flexibility index (Phi) is 3.55. The van der Waals surface area contributed by atoms with E-state index in [1.54, 1.807) is 12.3 Å². The quantitative estimate of drug-likeness (QED) is 0.799. The molecule has 0 aromatic carbocycles. The third-order valence-corrected chi connectivity index (χ3v) is 3.21. The molecule has 0 N–H and O–H groups in total. The monoisotopic (exact) mass is 285 g/mol. The second-order valence-corrected chi connectivity index (χ2v) is 4.53. The van der Waals surface area contributed by atoms with Crippen LogP contribution in [0.15, 0.2) is 24.7 Å². The minimum Gasteiger partial charge on any atom is -0.337 e. The first-order chi connectivity index (χ1) is 10.3. The predicted molar refractivity (Wildman–Crippen MR) is 73.2 cm³/mol. The maximum absolute atomic E-state index is 12.8. The fourth-order valence-corrected chi connectivity index (χ4v) is 2.14. The van der Waals surface area contributed by atoms with E-state index in [9.17, 15) is 4.39 Å². The fourth-order valence-electron chi connectivity index (χ4n) is 2.14. The van der Waals surface area contributed by atoms with Crippen molar-refractivity contribution in [3.05, 3.63) is 36.2 Å². The van der Waals surface area contributed by atoms with Gasteiger partial charge in [-0.05, 0) is 6.07 Å². The van der Waals surface area contributed by atoms with Gasteiger partial charge in [0, 0.05) is 32.4 Å². The highest BCUT2D eigenvalue weighted by Gasteiger charge is 2.20. The van der Waals surface area contributed by atoms with Crippen molar-refractivity contribution in [2.24, 2.45) is 0 Å². The average molecular weight is 285 g/mol. The number of rotatable bonds is 2. The number of nitrogens with zero attached hydrogens (tertiary/aromatic N) is 7. The van der Waals surface area contributed by atoms with Gasteiger partial charge in [-0.15, -0.1) is 0 Å². The molecule has 2 aromatic rings. The molecule has 3 heterocycles. The number of piperazine rings is 1. The predicted octanol–water partition coefficient (Wildman–Crippen LogP) is 0.604. The number of halogens is 1. The minimum absolute atomic E-state index is 0.351. The van der Waals surface area contributed by atoms with Crippen molar-refractivity contribution in [1.29, 1.82) is 5.26 Å². The second kappa shape index (κ2) is 5.66. The Morgan fingerprint density at radius 3 is 2.24 bits per heavy atom. The van der Waals surface area contributed by atoms with Crippen LogP contribution < -0.4 is 9.80 Å². The van der Waals surface area contributed by atoms with E-state index in [2.05, 4.69) is 19.9 Å². The number of nitriles is 1. The van der Waals surface area contributed by atoms with Gasteiger partial charge in [0.2, 0.25) is 11.9 Å². The molecule has 0 unspecified atom stereocenters. The van der Waals surface area contributed by atoms with Crippen molar-refractivity contribution in [3.63, 3.8) is 0 Å². The molecule has 8 heteroatoms. The van der Waals surface area contributed by atoms with Gasteiger partial charge in [0.15, 0.2) is 5.82 Å². The number of hydrogen-bond donors (Lipinski definition) is 0. The van der Waals surface area contributed by atoms with Crippen molar-refractivity contribution in [2.75, 3.05) is 36.0 Å². The molecular weight excluding hydrogens is 273 g/mol. The van der Waals surface area contributed by atoms with Crippen LogP contribution in [0, 0.1) is 17.1 Å². The Hall–Kier alpha value is -2.82. The Labute approximate surface area is 120 Å². The molecule has 106 valence electrons. The summed E-state index contributed by atoms with van der Waals surface area (Å²) >= 11 is 0. The summed E-state index contributed by atoms with van der Waals surface area (Å²) in [7, 11) is 0. The van der Waals surface area contributed by atoms with Crippen LogP contribution in [0.25, 0.3) is 0 Å². The molecule has 2 aromatic heterocycles. The molecule has 0 bridgehead atoms. The van der Waals surface area contributed by atoms with Crippen molar-refractivity contribution in [2.45, 2.75) is 0 Å². The summed E-state index contributed by atoms with van der Waals surface area (Å²) < 4.78 is 12.8. The second-order valence-electron chi connectivity index (χ2n) is 4.53. The zero-order chi connectivity index (χ0) is 14.7. The largest absolute Gasteiger partial charge is 0.337 e. The van der Waals surface area contributed by atoms with Crippen LogP contribution in [0.3, 0.4) is 0 Å². The summed E-state index contributed by atoms with van der Waals surface area (Å²) in [5.41, 5.74) is 0.351. The highest BCUT2D eigenvalue weighted by atomic mass is 19.1. The lowest BCUT2D eigenvalue weighted by molar-refractivity contribution is 0.600. The lowest BCUT2D eigenvalue weighted by atomic mass is 10.3. The van der Waals surface area contributed by atoms with Crippen molar-refractivity contribution in [3.8, 4) is 6.07 Å². The SMILES string of the molecule is N#Cc1ccnc(N2CCN(c3ncc(F)cn3)CC2)n1. The van der Waals surface area contributed by atoms with E-state index in [4.69, 9.17) is 5.26 Å². The van der Waals surface area contributed by atoms with Crippen LogP contribution in [0.5, 0.6) is 0 Å². The molecule has 0 saturated carbocycles. The first-order valence-corrected chi connectivity index (χ1v) is 6.47. The van der Waals surface area contributed by atoms with Gasteiger partial charge in [0.05, 0.1) is 12.4 Å². The standard InChI is InChI=1S/C13H12FN7/c14-10-8-17-12(18-9-10)20-3-5-21(6-4-20)13-16-2-1-11(7-15)19-13/h1-2,8-9H,3-6H2. The van der Waals surface area contributed by atoms with Gasteiger partial charge in [-0.1, -0.05) is 0 Å². The van der Waals surface area contributed by atoms with Crippen molar-refractivity contribution in [1.82, 2.24) is 19.9 Å². The summed E-state index contributed by atoms with van der Waals surface area (Å²) in [6.45, 7) is 2.75. The fraction of sp³-hybridized carbons (Fsp3) is 0.308. The van der Waals surface area contributed by atoms with Crippen LogP contribution in [0.1, 0.15) is 5.69 Å². The molecule has 0 aliphatic carbocycles. The zero-order valence-corrected chi connectivity index (χ0v) is 11.1. The van der Waals surface area contributed by atoms with Crippen molar-refractivity contribution >= 4 is 11.9 Å². The third-order valence-electron chi connectivity index (χ3n) is 3.21. The molecule has 1 saturated heterocycles. The molecule has 0 radical (unpaired) electrons. The van der Waals surface area contributed by atoms with Crippen LogP contribution >= 0.6 is 0 Å². The molecule has 0 atom stereocenters. The van der Waals surface area contributed by atoms with E-state index in [-0.39, 0.29) is 0 Å². The zero-order valence-electron chi connectivity index (χ0n) is 11.1. The molecule has 3 rings (SSSR count). The third kappa shape index (κ3) is 2.86. The molecule has 0 amide bonds. The lowest BCUT2D eigenvalue weighted by Gasteiger charge is -2.34. The summed E-state index contributed by atoms with van der Waals surface area (Å²) in [4.78, 5) is 20.3. The van der Waals surface area contributed by atoms with Gasteiger partial charge in [-0.2, -0.15) is 5.26 Å². The minimum atomic E-state index is -0.445. The van der Waals surface area contributed by atoms with E-state index in [1.807, 2.05) is 15.9 Å². The van der Waals surface area contributed by atoms with Gasteiger partial charge < -0.3 is 9.80 Å². The Morgan fingerprint density at radius 1 is 1.00 bits per heavy atom. The maximum atomic E-state index is 12.8. The number of aromatic nitrogens is 4. The highest BCUT2D eigenvalue weighted by molar-refractivity contribution is 5.38. The molecular formula is C13H12FN7. The molecule has 0 spiro atoms. The van der Waals surface area contributed by atoms with Crippen LogP contribution in [0.2, 0.25) is 0 Å². The van der Waals surface area contributed by atoms with E-state index >= 15 is 0 Å². The smallest absolute Gasteiger partial charge is 0.226 e. The number of hydrogen-bond acceptors (Lipinski definition) is 7. The van der Waals surface area contributed by atoms with Crippen molar-refractivity contribution < 1.29 is 4.39 Å². The molecule has 1 aliphatic rings. The topological polar surface area (TPSA) is 81.8 Å². The van der Waals surface area contributed by atoms with Crippen LogP contribution in [-0.4, -0.2) is 46.1 Å². The van der Waals surface area contributed by atoms with Gasteiger partial charge in [0.25, 0.3) is 0 Å². The van der Waals surface area contributed by atoms with Gasteiger partial charge >= 0.3 is 0 Å². The summed E-state index contributed by atoms with van der Waals surface area (Å²) in [6, 6.07) is 3.58. The molecule has 1 fully saturated rings. The van der Waals surface area contributed by atoms with E-state index < -0.39 is 5.82 Å². The van der Waals surface area contributed by atoms with Crippen LogP contribution in [0.4, 0.5) is 16.3 Å². The molecule has 21 heavy (non-hydrogen) atoms. The summed E-state index contributed by atoms with van der Waals surface area (Å²) in [5.74, 6) is 0.621. The first-order valence-electron chi connectivity index (χ1n) is 6.47. The highest BCUT2D eigenvalue weighted by Crippen LogP contribution is 2.14. The Morgan fingerprint density at radius 2 is 1.62 bits per heavy atom. The number of anilines is 2. The van der Waals surface area contributed by atoms with E-state index in [0.29, 0.717) is 43.8 Å². The molecule has 7 nitrogen and oxygen atoms in total.